The summed E-state index contributed by atoms with van der Waals surface area (Å²) in [6.07, 6.45) is 0. The van der Waals surface area contributed by atoms with Crippen molar-refractivity contribution in [3.05, 3.63) is 182 Å². The van der Waals surface area contributed by atoms with Crippen LogP contribution < -0.4 is 0 Å². The zero-order chi connectivity index (χ0) is 38.6. The number of hydrogen-bond donors (Lipinski definition) is 0. The molecule has 13 rings (SSSR count). The van der Waals surface area contributed by atoms with Crippen molar-refractivity contribution in [3.8, 4) is 39.9 Å². The second kappa shape index (κ2) is 12.4. The van der Waals surface area contributed by atoms with E-state index in [9.17, 15) is 0 Å². The van der Waals surface area contributed by atoms with E-state index in [-0.39, 0.29) is 0 Å². The Morgan fingerprint density at radius 2 is 1.00 bits per heavy atom. The number of thiophene rings is 1. The number of fused-ring (bicyclic) bond motifs is 12. The fourth-order valence-corrected chi connectivity index (χ4v) is 10.3. The van der Waals surface area contributed by atoms with Crippen molar-refractivity contribution in [3.63, 3.8) is 0 Å². The summed E-state index contributed by atoms with van der Waals surface area (Å²) in [7, 11) is 0. The molecule has 0 N–H and O–H groups in total. The number of para-hydroxylation sites is 2. The van der Waals surface area contributed by atoms with E-state index in [2.05, 4.69) is 168 Å². The van der Waals surface area contributed by atoms with Crippen LogP contribution in [0.1, 0.15) is 0 Å². The molecule has 0 unspecified atom stereocenters. The number of benzene rings is 9. The second-order valence-electron chi connectivity index (χ2n) is 15.2. The topological polar surface area (TPSA) is 56.7 Å². The summed E-state index contributed by atoms with van der Waals surface area (Å²) in [5.41, 5.74) is 7.82. The first-order valence-electron chi connectivity index (χ1n) is 19.8. The molecule has 0 radical (unpaired) electrons. The summed E-state index contributed by atoms with van der Waals surface area (Å²) in [5.74, 6) is 1.72. The average Bonchev–Trinajstić information content (AvgIpc) is 3.98. The van der Waals surface area contributed by atoms with Gasteiger partial charge in [0, 0.05) is 63.8 Å². The van der Waals surface area contributed by atoms with Crippen molar-refractivity contribution < 1.29 is 4.42 Å². The first-order chi connectivity index (χ1) is 29.2. The predicted molar refractivity (Wildman–Crippen MR) is 246 cm³/mol. The van der Waals surface area contributed by atoms with E-state index >= 15 is 0 Å². The molecule has 13 aromatic rings. The van der Waals surface area contributed by atoms with Crippen LogP contribution in [0.2, 0.25) is 0 Å². The molecule has 4 heterocycles. The standard InChI is InChI=1S/C53H30N4OS/c1-2-13-33-29-34(24-23-31(33)11-1)51-54-52(35-26-27-38-37-15-5-7-20-44(37)58-45(38)30-35)56-53(55-51)57-49-36-14-4-3-12-32(36)25-28-42(49)41-19-9-18-40(50(41)57)39-17-10-22-47-48(39)43-16-6-8-21-46(43)59-47/h1-30H. The monoisotopic (exact) mass is 770 g/mol. The van der Waals surface area contributed by atoms with Crippen LogP contribution in [0.25, 0.3) is 125 Å². The maximum Gasteiger partial charge on any atom is 0.238 e. The summed E-state index contributed by atoms with van der Waals surface area (Å²) in [4.78, 5) is 16.1. The first kappa shape index (κ1) is 32.4. The second-order valence-corrected chi connectivity index (χ2v) is 16.2. The summed E-state index contributed by atoms with van der Waals surface area (Å²) in [6.45, 7) is 0. The van der Waals surface area contributed by atoms with Gasteiger partial charge in [0.05, 0.1) is 11.0 Å². The highest BCUT2D eigenvalue weighted by atomic mass is 32.1. The van der Waals surface area contributed by atoms with Crippen LogP contribution >= 0.6 is 11.3 Å². The Hall–Kier alpha value is -7.67. The van der Waals surface area contributed by atoms with Crippen molar-refractivity contribution in [2.45, 2.75) is 0 Å². The van der Waals surface area contributed by atoms with E-state index < -0.39 is 0 Å². The van der Waals surface area contributed by atoms with Crippen molar-refractivity contribution in [1.29, 1.82) is 0 Å². The van der Waals surface area contributed by atoms with Crippen LogP contribution in [0.5, 0.6) is 0 Å². The van der Waals surface area contributed by atoms with Gasteiger partial charge in [-0.3, -0.25) is 4.57 Å². The van der Waals surface area contributed by atoms with Crippen molar-refractivity contribution in [2.24, 2.45) is 0 Å². The Bertz CT molecular complexity index is 3870. The fraction of sp³-hybridized carbons (Fsp3) is 0. The highest BCUT2D eigenvalue weighted by Gasteiger charge is 2.24. The minimum Gasteiger partial charge on any atom is -0.456 e. The van der Waals surface area contributed by atoms with Gasteiger partial charge < -0.3 is 4.42 Å². The average molecular weight is 771 g/mol. The smallest absolute Gasteiger partial charge is 0.238 e. The Balaban J connectivity index is 1.16. The van der Waals surface area contributed by atoms with Gasteiger partial charge in [0.1, 0.15) is 11.2 Å². The van der Waals surface area contributed by atoms with Gasteiger partial charge in [0.25, 0.3) is 0 Å². The molecule has 0 saturated carbocycles. The molecule has 0 fully saturated rings. The molecule has 0 aliphatic carbocycles. The lowest BCUT2D eigenvalue weighted by Crippen LogP contribution is -2.07. The molecule has 0 aliphatic heterocycles. The van der Waals surface area contributed by atoms with Gasteiger partial charge in [-0.2, -0.15) is 9.97 Å². The van der Waals surface area contributed by atoms with Crippen LogP contribution in [0.3, 0.4) is 0 Å². The lowest BCUT2D eigenvalue weighted by Gasteiger charge is -2.14. The minimum absolute atomic E-state index is 0.550. The number of rotatable bonds is 4. The van der Waals surface area contributed by atoms with Crippen molar-refractivity contribution in [2.75, 3.05) is 0 Å². The maximum atomic E-state index is 6.39. The van der Waals surface area contributed by atoms with Gasteiger partial charge in [-0.15, -0.1) is 11.3 Å². The molecular weight excluding hydrogens is 741 g/mol. The van der Waals surface area contributed by atoms with E-state index in [4.69, 9.17) is 19.4 Å². The van der Waals surface area contributed by atoms with Gasteiger partial charge >= 0.3 is 0 Å². The maximum absolute atomic E-state index is 6.39. The molecule has 0 aliphatic rings. The quantitative estimate of drug-likeness (QED) is 0.179. The zero-order valence-corrected chi connectivity index (χ0v) is 32.2. The van der Waals surface area contributed by atoms with E-state index in [1.165, 1.54) is 25.7 Å². The van der Waals surface area contributed by atoms with Crippen LogP contribution in [0.15, 0.2) is 186 Å². The van der Waals surface area contributed by atoms with Crippen LogP contribution in [-0.4, -0.2) is 19.5 Å². The van der Waals surface area contributed by atoms with Gasteiger partial charge in [0.15, 0.2) is 11.6 Å². The molecule has 0 saturated heterocycles. The molecule has 0 spiro atoms. The lowest BCUT2D eigenvalue weighted by molar-refractivity contribution is 0.669. The normalized spacial score (nSPS) is 12.1. The van der Waals surface area contributed by atoms with Gasteiger partial charge in [-0.1, -0.05) is 146 Å². The molecule has 0 atom stereocenters. The first-order valence-corrected chi connectivity index (χ1v) is 20.6. The summed E-state index contributed by atoms with van der Waals surface area (Å²) in [5, 5.41) is 11.5. The molecule has 0 amide bonds. The van der Waals surface area contributed by atoms with Crippen molar-refractivity contribution in [1.82, 2.24) is 19.5 Å². The van der Waals surface area contributed by atoms with Crippen LogP contribution in [0, 0.1) is 0 Å². The Kier molecular flexibility index (Phi) is 6.82. The third kappa shape index (κ3) is 4.87. The van der Waals surface area contributed by atoms with Crippen LogP contribution in [-0.2, 0) is 0 Å². The summed E-state index contributed by atoms with van der Waals surface area (Å²) in [6, 6.07) is 64.4. The van der Waals surface area contributed by atoms with E-state index in [1.54, 1.807) is 0 Å². The SMILES string of the molecule is c1ccc2cc(-c3nc(-c4ccc5c(c4)oc4ccccc45)nc(-n4c5c(-c6cccc7sc8ccccc8c67)cccc5c5ccc6ccccc6c54)n3)ccc2c1. The number of furan rings is 1. The van der Waals surface area contributed by atoms with E-state index in [1.807, 2.05) is 29.5 Å². The third-order valence-corrected chi connectivity index (χ3v) is 13.0. The third-order valence-electron chi connectivity index (χ3n) is 11.8. The molecule has 9 aromatic carbocycles. The molecule has 5 nitrogen and oxygen atoms in total. The highest BCUT2D eigenvalue weighted by Crippen LogP contribution is 2.45. The summed E-state index contributed by atoms with van der Waals surface area (Å²) >= 11 is 1.84. The predicted octanol–water partition coefficient (Wildman–Crippen LogP) is 14.5. The molecule has 4 aromatic heterocycles. The number of aromatic nitrogens is 4. The Morgan fingerprint density at radius 1 is 0.390 bits per heavy atom. The fourth-order valence-electron chi connectivity index (χ4n) is 9.16. The van der Waals surface area contributed by atoms with E-state index in [0.29, 0.717) is 17.6 Å². The Labute approximate surface area is 341 Å². The van der Waals surface area contributed by atoms with E-state index in [0.717, 1.165) is 82.0 Å². The molecule has 6 heteroatoms. The summed E-state index contributed by atoms with van der Waals surface area (Å²) < 4.78 is 11.2. The minimum atomic E-state index is 0.550. The lowest BCUT2D eigenvalue weighted by atomic mass is 9.97. The number of nitrogens with zero attached hydrogens (tertiary/aromatic N) is 4. The molecule has 0 bridgehead atoms. The van der Waals surface area contributed by atoms with Gasteiger partial charge in [0.2, 0.25) is 5.95 Å². The molecule has 59 heavy (non-hydrogen) atoms. The number of hydrogen-bond acceptors (Lipinski definition) is 5. The van der Waals surface area contributed by atoms with Gasteiger partial charge in [-0.05, 0) is 58.1 Å². The van der Waals surface area contributed by atoms with Crippen molar-refractivity contribution >= 4 is 96.8 Å². The largest absolute Gasteiger partial charge is 0.456 e. The molecular formula is C53H30N4OS. The van der Waals surface area contributed by atoms with Gasteiger partial charge in [-0.25, -0.2) is 4.98 Å². The van der Waals surface area contributed by atoms with Crippen LogP contribution in [0.4, 0.5) is 0 Å². The Morgan fingerprint density at radius 3 is 1.90 bits per heavy atom. The molecule has 274 valence electrons. The highest BCUT2D eigenvalue weighted by molar-refractivity contribution is 7.25. The zero-order valence-electron chi connectivity index (χ0n) is 31.4.